The van der Waals surface area contributed by atoms with Gasteiger partial charge in [0.15, 0.2) is 23.2 Å². The fraction of sp³-hybridized carbons (Fsp3) is 0.304. The van der Waals surface area contributed by atoms with E-state index in [1.165, 1.54) is 6.07 Å². The Morgan fingerprint density at radius 2 is 1.94 bits per heavy atom. The van der Waals surface area contributed by atoms with E-state index in [0.717, 1.165) is 15.8 Å². The molecule has 0 radical (unpaired) electrons. The smallest absolute Gasteiger partial charge is 0.410 e. The highest BCUT2D eigenvalue weighted by atomic mass is 19.4. The summed E-state index contributed by atoms with van der Waals surface area (Å²) >= 11 is 0. The number of nitrogens with zero attached hydrogens (tertiary/aromatic N) is 2. The predicted octanol–water partition coefficient (Wildman–Crippen LogP) is 5.14. The molecule has 1 aromatic heterocycles. The standard InChI is InChI=1S/C23H21F3N4O3/c1-12-4-3-5-15(13(12)2)28-22(31)17-10-21-27-16(9-20(23(24,25)26)30(21)29-17)14-6-7-18-19(8-14)33-11-32-18/h3-8,10,16,20,27H,9,11H2,1-2H3,(H,28,31). The van der Waals surface area contributed by atoms with E-state index < -0.39 is 24.2 Å². The lowest BCUT2D eigenvalue weighted by Crippen LogP contribution is -2.35. The summed E-state index contributed by atoms with van der Waals surface area (Å²) in [5, 5.41) is 9.85. The van der Waals surface area contributed by atoms with Crippen LogP contribution in [0.15, 0.2) is 42.5 Å². The summed E-state index contributed by atoms with van der Waals surface area (Å²) in [6, 6.07) is 9.32. The highest BCUT2D eigenvalue weighted by Crippen LogP contribution is 2.45. The van der Waals surface area contributed by atoms with Gasteiger partial charge >= 0.3 is 6.18 Å². The number of benzene rings is 2. The van der Waals surface area contributed by atoms with Gasteiger partial charge in [0.1, 0.15) is 5.82 Å². The van der Waals surface area contributed by atoms with E-state index >= 15 is 0 Å². The highest BCUT2D eigenvalue weighted by Gasteiger charge is 2.47. The number of carbonyl (C=O) groups excluding carboxylic acids is 1. The minimum Gasteiger partial charge on any atom is -0.454 e. The Hall–Kier alpha value is -3.69. The first-order valence-electron chi connectivity index (χ1n) is 10.4. The molecule has 2 aliphatic rings. The van der Waals surface area contributed by atoms with Crippen LogP contribution in [0.25, 0.3) is 0 Å². The third-order valence-corrected chi connectivity index (χ3v) is 6.07. The van der Waals surface area contributed by atoms with E-state index in [9.17, 15) is 18.0 Å². The minimum absolute atomic E-state index is 0.0771. The van der Waals surface area contributed by atoms with Gasteiger partial charge in [0.2, 0.25) is 6.79 Å². The summed E-state index contributed by atoms with van der Waals surface area (Å²) < 4.78 is 53.3. The lowest BCUT2D eigenvalue weighted by atomic mass is 9.96. The van der Waals surface area contributed by atoms with Crippen molar-refractivity contribution in [3.8, 4) is 11.5 Å². The SMILES string of the molecule is Cc1cccc(NC(=O)c2cc3n(n2)C(C(F)(F)F)CC(c2ccc4c(c2)OCO4)N3)c1C. The minimum atomic E-state index is -4.54. The number of fused-ring (bicyclic) bond motifs is 2. The summed E-state index contributed by atoms with van der Waals surface area (Å²) in [5.74, 6) is 0.591. The molecule has 0 bridgehead atoms. The van der Waals surface area contributed by atoms with Crippen LogP contribution in [-0.4, -0.2) is 28.7 Å². The summed E-state index contributed by atoms with van der Waals surface area (Å²) in [4.78, 5) is 12.8. The fourth-order valence-electron chi connectivity index (χ4n) is 4.11. The van der Waals surface area contributed by atoms with Gasteiger partial charge in [-0.25, -0.2) is 4.68 Å². The van der Waals surface area contributed by atoms with E-state index in [-0.39, 0.29) is 24.7 Å². The molecule has 33 heavy (non-hydrogen) atoms. The highest BCUT2D eigenvalue weighted by molar-refractivity contribution is 6.03. The molecule has 3 heterocycles. The Morgan fingerprint density at radius 1 is 1.15 bits per heavy atom. The van der Waals surface area contributed by atoms with Crippen LogP contribution in [0.1, 0.15) is 45.7 Å². The van der Waals surface area contributed by atoms with Gasteiger partial charge in [-0.15, -0.1) is 0 Å². The molecule has 172 valence electrons. The number of amides is 1. The Balaban J connectivity index is 1.45. The van der Waals surface area contributed by atoms with E-state index in [2.05, 4.69) is 15.7 Å². The zero-order valence-electron chi connectivity index (χ0n) is 17.9. The third-order valence-electron chi connectivity index (χ3n) is 6.07. The first kappa shape index (κ1) is 21.2. The number of hydrogen-bond acceptors (Lipinski definition) is 5. The van der Waals surface area contributed by atoms with Crippen molar-refractivity contribution in [3.05, 3.63) is 64.8 Å². The summed E-state index contributed by atoms with van der Waals surface area (Å²) in [7, 11) is 0. The lowest BCUT2D eigenvalue weighted by molar-refractivity contribution is -0.173. The normalized spacial score (nSPS) is 19.1. The van der Waals surface area contributed by atoms with Gasteiger partial charge in [-0.3, -0.25) is 4.79 Å². The maximum absolute atomic E-state index is 13.9. The topological polar surface area (TPSA) is 77.4 Å². The third kappa shape index (κ3) is 3.85. The molecular formula is C23H21F3N4O3. The van der Waals surface area contributed by atoms with Crippen LogP contribution in [-0.2, 0) is 0 Å². The molecule has 1 amide bonds. The van der Waals surface area contributed by atoms with Crippen molar-refractivity contribution in [2.75, 3.05) is 17.4 Å². The maximum atomic E-state index is 13.9. The van der Waals surface area contributed by atoms with Crippen molar-refractivity contribution >= 4 is 17.4 Å². The molecule has 2 unspecified atom stereocenters. The molecule has 2 aliphatic heterocycles. The van der Waals surface area contributed by atoms with Crippen LogP contribution in [0.4, 0.5) is 24.7 Å². The first-order valence-corrected chi connectivity index (χ1v) is 10.4. The van der Waals surface area contributed by atoms with Crippen LogP contribution in [0.5, 0.6) is 11.5 Å². The molecule has 0 saturated carbocycles. The maximum Gasteiger partial charge on any atom is 0.410 e. The number of anilines is 2. The number of rotatable bonds is 3. The second-order valence-corrected chi connectivity index (χ2v) is 8.16. The van der Waals surface area contributed by atoms with E-state index in [0.29, 0.717) is 22.7 Å². The number of hydrogen-bond donors (Lipinski definition) is 2. The molecule has 0 spiro atoms. The Bertz CT molecular complexity index is 1240. The fourth-order valence-corrected chi connectivity index (χ4v) is 4.11. The largest absolute Gasteiger partial charge is 0.454 e. The summed E-state index contributed by atoms with van der Waals surface area (Å²) in [6.45, 7) is 3.85. The van der Waals surface area contributed by atoms with Crippen molar-refractivity contribution in [1.82, 2.24) is 9.78 Å². The quantitative estimate of drug-likeness (QED) is 0.568. The van der Waals surface area contributed by atoms with Gasteiger partial charge in [-0.05, 0) is 48.7 Å². The van der Waals surface area contributed by atoms with Gasteiger partial charge in [0.05, 0.1) is 6.04 Å². The molecule has 2 aromatic carbocycles. The number of nitrogens with one attached hydrogen (secondary N) is 2. The molecule has 2 N–H and O–H groups in total. The molecule has 0 saturated heterocycles. The number of carbonyl (C=O) groups is 1. The number of aromatic nitrogens is 2. The van der Waals surface area contributed by atoms with Crippen molar-refractivity contribution in [3.63, 3.8) is 0 Å². The average molecular weight is 458 g/mol. The van der Waals surface area contributed by atoms with E-state index in [4.69, 9.17) is 9.47 Å². The molecule has 10 heteroatoms. The Kier molecular flexibility index (Phi) is 4.95. The van der Waals surface area contributed by atoms with Crippen LogP contribution < -0.4 is 20.1 Å². The zero-order valence-corrected chi connectivity index (χ0v) is 17.9. The Morgan fingerprint density at radius 3 is 2.73 bits per heavy atom. The van der Waals surface area contributed by atoms with Crippen molar-refractivity contribution < 1.29 is 27.4 Å². The summed E-state index contributed by atoms with van der Waals surface area (Å²) in [6.07, 6.45) is -4.83. The number of aryl methyl sites for hydroxylation is 1. The number of halogens is 3. The van der Waals surface area contributed by atoms with Crippen LogP contribution in [0.3, 0.4) is 0 Å². The number of alkyl halides is 3. The van der Waals surface area contributed by atoms with Gasteiger partial charge < -0.3 is 20.1 Å². The van der Waals surface area contributed by atoms with E-state index in [1.807, 2.05) is 19.9 Å². The monoisotopic (exact) mass is 458 g/mol. The van der Waals surface area contributed by atoms with Crippen LogP contribution in [0, 0.1) is 13.8 Å². The van der Waals surface area contributed by atoms with Crippen molar-refractivity contribution in [2.24, 2.45) is 0 Å². The Labute approximate surface area is 187 Å². The van der Waals surface area contributed by atoms with E-state index in [1.54, 1.807) is 30.3 Å². The van der Waals surface area contributed by atoms with Gasteiger partial charge in [0.25, 0.3) is 5.91 Å². The zero-order chi connectivity index (χ0) is 23.3. The molecule has 0 aliphatic carbocycles. The van der Waals surface area contributed by atoms with Gasteiger partial charge in [-0.2, -0.15) is 18.3 Å². The van der Waals surface area contributed by atoms with Crippen LogP contribution >= 0.6 is 0 Å². The average Bonchev–Trinajstić information content (AvgIpc) is 3.41. The number of ether oxygens (including phenoxy) is 2. The molecule has 5 rings (SSSR count). The van der Waals surface area contributed by atoms with Crippen LogP contribution in [0.2, 0.25) is 0 Å². The second-order valence-electron chi connectivity index (χ2n) is 8.16. The van der Waals surface area contributed by atoms with Crippen molar-refractivity contribution in [1.29, 1.82) is 0 Å². The van der Waals surface area contributed by atoms with Gasteiger partial charge in [0, 0.05) is 18.2 Å². The van der Waals surface area contributed by atoms with Crippen molar-refractivity contribution in [2.45, 2.75) is 38.5 Å². The lowest BCUT2D eigenvalue weighted by Gasteiger charge is -2.33. The molecule has 2 atom stereocenters. The molecule has 7 nitrogen and oxygen atoms in total. The molecular weight excluding hydrogens is 437 g/mol. The van der Waals surface area contributed by atoms with Gasteiger partial charge in [-0.1, -0.05) is 18.2 Å². The summed E-state index contributed by atoms with van der Waals surface area (Å²) in [5.41, 5.74) is 2.98. The predicted molar refractivity (Wildman–Crippen MR) is 115 cm³/mol. The first-order chi connectivity index (χ1) is 15.7. The molecule has 0 fully saturated rings. The molecule has 3 aromatic rings. The second kappa shape index (κ2) is 7.72.